The quantitative estimate of drug-likeness (QED) is 0.759. The Bertz CT molecular complexity index is 556. The normalized spacial score (nSPS) is 23.0. The molecule has 1 aromatic carbocycles. The average molecular weight is 274 g/mol. The van der Waals surface area contributed by atoms with Crippen LogP contribution in [0.3, 0.4) is 0 Å². The van der Waals surface area contributed by atoms with Gasteiger partial charge >= 0.3 is 7.12 Å². The molecule has 20 heavy (non-hydrogen) atoms. The molecule has 0 aromatic heterocycles. The van der Waals surface area contributed by atoms with E-state index in [9.17, 15) is 4.79 Å². The van der Waals surface area contributed by atoms with Crippen LogP contribution < -0.4 is 16.1 Å². The minimum atomic E-state index is -0.433. The van der Waals surface area contributed by atoms with Gasteiger partial charge in [-0.25, -0.2) is 0 Å². The van der Waals surface area contributed by atoms with Crippen LogP contribution >= 0.6 is 0 Å². The van der Waals surface area contributed by atoms with Crippen molar-refractivity contribution in [1.82, 2.24) is 0 Å². The van der Waals surface area contributed by atoms with Gasteiger partial charge in [-0.15, -0.1) is 0 Å². The van der Waals surface area contributed by atoms with E-state index in [-0.39, 0.29) is 23.7 Å². The Labute approximate surface area is 119 Å². The summed E-state index contributed by atoms with van der Waals surface area (Å²) in [7, 11) is -0.433. The smallest absolute Gasteiger partial charge is 0.399 e. The molecule has 0 atom stereocenters. The van der Waals surface area contributed by atoms with Crippen LogP contribution in [0.1, 0.15) is 27.7 Å². The van der Waals surface area contributed by atoms with Gasteiger partial charge < -0.3 is 19.9 Å². The Hall–Kier alpha value is -1.53. The van der Waals surface area contributed by atoms with Gasteiger partial charge in [0.05, 0.1) is 29.1 Å². The van der Waals surface area contributed by atoms with E-state index in [1.165, 1.54) is 0 Å². The molecular formula is C14H19BN2O3. The van der Waals surface area contributed by atoms with Gasteiger partial charge in [-0.1, -0.05) is 12.1 Å². The molecule has 0 bridgehead atoms. The molecule has 5 nitrogen and oxygen atoms in total. The molecule has 0 saturated carbocycles. The first-order chi connectivity index (χ1) is 9.30. The maximum absolute atomic E-state index is 11.4. The van der Waals surface area contributed by atoms with Crippen molar-refractivity contribution in [1.29, 1.82) is 0 Å². The summed E-state index contributed by atoms with van der Waals surface area (Å²) >= 11 is 0. The van der Waals surface area contributed by atoms with Crippen LogP contribution in [0.4, 0.5) is 11.4 Å². The highest BCUT2D eigenvalue weighted by atomic mass is 16.7. The van der Waals surface area contributed by atoms with Gasteiger partial charge in [0.1, 0.15) is 0 Å². The van der Waals surface area contributed by atoms with E-state index in [1.54, 1.807) is 0 Å². The third-order valence-electron chi connectivity index (χ3n) is 4.30. The number of amides is 1. The number of para-hydroxylation sites is 1. The summed E-state index contributed by atoms with van der Waals surface area (Å²) in [5.41, 5.74) is 1.82. The molecular weight excluding hydrogens is 255 g/mol. The first kappa shape index (κ1) is 13.5. The molecule has 0 unspecified atom stereocenters. The standard InChI is InChI=1S/C14H19BN2O3/c1-13(2)14(3,4)20-15(19-13)9-6-5-7-10-12(9)16-8-11(18)17-10/h5-7,16H,8H2,1-4H3,(H,17,18). The van der Waals surface area contributed by atoms with Crippen LogP contribution in [0.15, 0.2) is 18.2 Å². The number of carbonyl (C=O) groups is 1. The van der Waals surface area contributed by atoms with E-state index in [0.717, 1.165) is 16.8 Å². The Kier molecular flexibility index (Phi) is 2.85. The van der Waals surface area contributed by atoms with Crippen LogP contribution in [0.5, 0.6) is 0 Å². The van der Waals surface area contributed by atoms with Crippen molar-refractivity contribution in [2.24, 2.45) is 0 Å². The first-order valence-corrected chi connectivity index (χ1v) is 6.82. The molecule has 2 aliphatic rings. The predicted molar refractivity (Wildman–Crippen MR) is 79.3 cm³/mol. The lowest BCUT2D eigenvalue weighted by molar-refractivity contribution is -0.114. The lowest BCUT2D eigenvalue weighted by atomic mass is 9.77. The third-order valence-corrected chi connectivity index (χ3v) is 4.30. The van der Waals surface area contributed by atoms with Crippen molar-refractivity contribution < 1.29 is 14.1 Å². The fourth-order valence-corrected chi connectivity index (χ4v) is 2.40. The summed E-state index contributed by atoms with van der Waals surface area (Å²) < 4.78 is 12.1. The van der Waals surface area contributed by atoms with Crippen molar-refractivity contribution in [3.63, 3.8) is 0 Å². The highest BCUT2D eigenvalue weighted by Crippen LogP contribution is 2.37. The summed E-state index contributed by atoms with van der Waals surface area (Å²) in [6, 6.07) is 5.73. The molecule has 3 rings (SSSR count). The van der Waals surface area contributed by atoms with Crippen LogP contribution in [0, 0.1) is 0 Å². The van der Waals surface area contributed by atoms with Crippen LogP contribution in [-0.2, 0) is 14.1 Å². The molecule has 2 N–H and O–H groups in total. The van der Waals surface area contributed by atoms with E-state index in [4.69, 9.17) is 9.31 Å². The maximum atomic E-state index is 11.4. The van der Waals surface area contributed by atoms with Gasteiger partial charge in [0.2, 0.25) is 5.91 Å². The largest absolute Gasteiger partial charge is 0.497 e. The summed E-state index contributed by atoms with van der Waals surface area (Å²) in [5.74, 6) is -0.0384. The molecule has 1 aromatic rings. The predicted octanol–water partition coefficient (Wildman–Crippen LogP) is 1.35. The minimum absolute atomic E-state index is 0.0384. The van der Waals surface area contributed by atoms with Crippen molar-refractivity contribution in [2.45, 2.75) is 38.9 Å². The summed E-state index contributed by atoms with van der Waals surface area (Å²) in [4.78, 5) is 11.4. The highest BCUT2D eigenvalue weighted by Gasteiger charge is 2.52. The lowest BCUT2D eigenvalue weighted by Crippen LogP contribution is -2.41. The second-order valence-corrected chi connectivity index (χ2v) is 6.26. The second kappa shape index (κ2) is 4.23. The van der Waals surface area contributed by atoms with Crippen molar-refractivity contribution in [2.75, 3.05) is 17.2 Å². The van der Waals surface area contributed by atoms with Crippen molar-refractivity contribution in [3.8, 4) is 0 Å². The monoisotopic (exact) mass is 274 g/mol. The molecule has 6 heteroatoms. The van der Waals surface area contributed by atoms with Gasteiger partial charge in [0, 0.05) is 5.46 Å². The molecule has 0 spiro atoms. The number of hydrogen-bond acceptors (Lipinski definition) is 4. The third kappa shape index (κ3) is 1.99. The number of rotatable bonds is 1. The zero-order valence-corrected chi connectivity index (χ0v) is 12.2. The molecule has 1 amide bonds. The van der Waals surface area contributed by atoms with E-state index >= 15 is 0 Å². The highest BCUT2D eigenvalue weighted by molar-refractivity contribution is 6.64. The second-order valence-electron chi connectivity index (χ2n) is 6.26. The van der Waals surface area contributed by atoms with Gasteiger partial charge in [-0.05, 0) is 33.8 Å². The van der Waals surface area contributed by atoms with Crippen LogP contribution in [-0.4, -0.2) is 30.8 Å². The van der Waals surface area contributed by atoms with Crippen LogP contribution in [0.25, 0.3) is 0 Å². The van der Waals surface area contributed by atoms with E-state index in [1.807, 2.05) is 45.9 Å². The van der Waals surface area contributed by atoms with E-state index in [0.29, 0.717) is 0 Å². The fraction of sp³-hybridized carbons (Fsp3) is 0.500. The molecule has 0 aliphatic carbocycles. The topological polar surface area (TPSA) is 59.6 Å². The number of hydrogen-bond donors (Lipinski definition) is 2. The number of nitrogens with one attached hydrogen (secondary N) is 2. The number of benzene rings is 1. The van der Waals surface area contributed by atoms with E-state index in [2.05, 4.69) is 10.6 Å². The zero-order valence-electron chi connectivity index (χ0n) is 12.2. The lowest BCUT2D eigenvalue weighted by Gasteiger charge is -2.32. The number of carbonyl (C=O) groups excluding carboxylic acids is 1. The summed E-state index contributed by atoms with van der Waals surface area (Å²) in [6.45, 7) is 8.37. The van der Waals surface area contributed by atoms with Gasteiger partial charge in [-0.3, -0.25) is 4.79 Å². The number of fused-ring (bicyclic) bond motifs is 1. The SMILES string of the molecule is CC1(C)OB(c2cccc3c2NCC(=O)N3)OC1(C)C. The minimum Gasteiger partial charge on any atom is -0.399 e. The molecule has 2 heterocycles. The Morgan fingerprint density at radius 3 is 2.45 bits per heavy atom. The number of anilines is 2. The van der Waals surface area contributed by atoms with Gasteiger partial charge in [-0.2, -0.15) is 0 Å². The molecule has 106 valence electrons. The molecule has 0 radical (unpaired) electrons. The molecule has 1 saturated heterocycles. The Morgan fingerprint density at radius 2 is 1.80 bits per heavy atom. The Morgan fingerprint density at radius 1 is 1.15 bits per heavy atom. The zero-order chi connectivity index (χ0) is 14.5. The van der Waals surface area contributed by atoms with Crippen molar-refractivity contribution in [3.05, 3.63) is 18.2 Å². The Balaban J connectivity index is 1.97. The average Bonchev–Trinajstić information content (AvgIpc) is 2.57. The first-order valence-electron chi connectivity index (χ1n) is 6.82. The fourth-order valence-electron chi connectivity index (χ4n) is 2.40. The summed E-state index contributed by atoms with van der Waals surface area (Å²) in [5, 5.41) is 5.99. The van der Waals surface area contributed by atoms with Gasteiger partial charge in [0.15, 0.2) is 0 Å². The van der Waals surface area contributed by atoms with Crippen molar-refractivity contribution >= 4 is 29.9 Å². The molecule has 2 aliphatic heterocycles. The maximum Gasteiger partial charge on any atom is 0.497 e. The molecule has 1 fully saturated rings. The van der Waals surface area contributed by atoms with E-state index < -0.39 is 7.12 Å². The summed E-state index contributed by atoms with van der Waals surface area (Å²) in [6.07, 6.45) is 0. The van der Waals surface area contributed by atoms with Crippen LogP contribution in [0.2, 0.25) is 0 Å². The van der Waals surface area contributed by atoms with Gasteiger partial charge in [0.25, 0.3) is 0 Å².